The van der Waals surface area contributed by atoms with E-state index in [4.69, 9.17) is 4.74 Å². The Labute approximate surface area is 101 Å². The van der Waals surface area contributed by atoms with Crippen LogP contribution in [0.1, 0.15) is 43.2 Å². The van der Waals surface area contributed by atoms with Crippen molar-refractivity contribution in [3.05, 3.63) is 10.6 Å². The van der Waals surface area contributed by atoms with E-state index < -0.39 is 0 Å². The molecule has 0 aromatic carbocycles. The molecule has 1 unspecified atom stereocenters. The molecule has 1 fully saturated rings. The molecule has 0 spiro atoms. The number of ether oxygens (including phenoxy) is 1. The van der Waals surface area contributed by atoms with Crippen LogP contribution < -0.4 is 5.32 Å². The van der Waals surface area contributed by atoms with Gasteiger partial charge in [-0.25, -0.2) is 0 Å². The molecule has 5 heteroatoms. The first-order chi connectivity index (χ1) is 7.77. The quantitative estimate of drug-likeness (QED) is 0.855. The molecule has 1 atom stereocenters. The Hall–Kier alpha value is -0.520. The molecular weight excluding hydrogens is 222 g/mol. The van der Waals surface area contributed by atoms with Crippen LogP contribution in [0, 0.1) is 0 Å². The monoisotopic (exact) mass is 241 g/mol. The first kappa shape index (κ1) is 12.0. The van der Waals surface area contributed by atoms with E-state index in [1.165, 1.54) is 29.3 Å². The van der Waals surface area contributed by atoms with Crippen molar-refractivity contribution in [1.29, 1.82) is 0 Å². The molecule has 1 N–H and O–H groups in total. The molecule has 0 aliphatic carbocycles. The van der Waals surface area contributed by atoms with Gasteiger partial charge in [-0.3, -0.25) is 0 Å². The summed E-state index contributed by atoms with van der Waals surface area (Å²) >= 11 is 1.50. The minimum absolute atomic E-state index is 0.406. The third kappa shape index (κ3) is 2.99. The highest BCUT2D eigenvalue weighted by atomic mass is 32.1. The fourth-order valence-electron chi connectivity index (χ4n) is 1.93. The Morgan fingerprint density at radius 2 is 2.44 bits per heavy atom. The Morgan fingerprint density at radius 1 is 1.56 bits per heavy atom. The van der Waals surface area contributed by atoms with E-state index >= 15 is 0 Å². The van der Waals surface area contributed by atoms with Crippen molar-refractivity contribution in [3.63, 3.8) is 0 Å². The van der Waals surface area contributed by atoms with E-state index in [9.17, 15) is 0 Å². The fraction of sp³-hybridized carbons (Fsp3) is 0.818. The number of nitrogens with one attached hydrogen (secondary N) is 1. The van der Waals surface area contributed by atoms with E-state index in [0.29, 0.717) is 12.0 Å². The molecule has 0 bridgehead atoms. The van der Waals surface area contributed by atoms with Crippen LogP contribution >= 0.6 is 11.5 Å². The zero-order valence-corrected chi connectivity index (χ0v) is 10.7. The van der Waals surface area contributed by atoms with Gasteiger partial charge >= 0.3 is 0 Å². The molecular formula is C11H19N3OS. The van der Waals surface area contributed by atoms with Gasteiger partial charge < -0.3 is 10.1 Å². The number of nitrogens with zero attached hydrogens (tertiary/aromatic N) is 2. The lowest BCUT2D eigenvalue weighted by Gasteiger charge is -2.10. The van der Waals surface area contributed by atoms with Gasteiger partial charge in [-0.2, -0.15) is 0 Å². The van der Waals surface area contributed by atoms with Gasteiger partial charge in [-0.05, 0) is 30.3 Å². The Balaban J connectivity index is 1.78. The van der Waals surface area contributed by atoms with Crippen LogP contribution in [0.5, 0.6) is 0 Å². The number of rotatable bonds is 5. The van der Waals surface area contributed by atoms with Gasteiger partial charge in [-0.15, -0.1) is 5.10 Å². The highest BCUT2D eigenvalue weighted by molar-refractivity contribution is 7.05. The van der Waals surface area contributed by atoms with E-state index in [1.54, 1.807) is 0 Å². The molecule has 16 heavy (non-hydrogen) atoms. The summed E-state index contributed by atoms with van der Waals surface area (Å²) in [7, 11) is 0. The smallest absolute Gasteiger partial charge is 0.0826 e. The van der Waals surface area contributed by atoms with E-state index in [2.05, 4.69) is 28.8 Å². The number of hydrogen-bond acceptors (Lipinski definition) is 5. The summed E-state index contributed by atoms with van der Waals surface area (Å²) in [6, 6.07) is 0. The maximum Gasteiger partial charge on any atom is 0.0826 e. The third-order valence-corrected chi connectivity index (χ3v) is 3.55. The molecule has 1 aromatic heterocycles. The van der Waals surface area contributed by atoms with E-state index in [1.807, 2.05) is 0 Å². The lowest BCUT2D eigenvalue weighted by Crippen LogP contribution is -2.25. The summed E-state index contributed by atoms with van der Waals surface area (Å²) in [5.74, 6) is 0.457. The first-order valence-corrected chi connectivity index (χ1v) is 6.68. The summed E-state index contributed by atoms with van der Waals surface area (Å²) in [5, 5.41) is 7.59. The van der Waals surface area contributed by atoms with Crippen molar-refractivity contribution < 1.29 is 4.74 Å². The van der Waals surface area contributed by atoms with Crippen molar-refractivity contribution in [2.75, 3.05) is 13.2 Å². The zero-order valence-electron chi connectivity index (χ0n) is 9.90. The van der Waals surface area contributed by atoms with Crippen LogP contribution in [-0.2, 0) is 11.3 Å². The molecule has 1 aliphatic rings. The largest absolute Gasteiger partial charge is 0.377 e. The normalized spacial score (nSPS) is 20.8. The van der Waals surface area contributed by atoms with Gasteiger partial charge in [-0.1, -0.05) is 18.3 Å². The number of aromatic nitrogens is 2. The molecule has 90 valence electrons. The Morgan fingerprint density at radius 3 is 3.12 bits per heavy atom. The summed E-state index contributed by atoms with van der Waals surface area (Å²) in [5.41, 5.74) is 1.13. The van der Waals surface area contributed by atoms with Crippen molar-refractivity contribution in [2.24, 2.45) is 0 Å². The molecule has 1 aliphatic heterocycles. The second-order valence-electron chi connectivity index (χ2n) is 4.50. The maximum atomic E-state index is 5.56. The minimum Gasteiger partial charge on any atom is -0.377 e. The van der Waals surface area contributed by atoms with Gasteiger partial charge in [0.05, 0.1) is 16.7 Å². The predicted octanol–water partition coefficient (Wildman–Crippen LogP) is 1.93. The standard InChI is InChI=1S/C11H19N3OS/c1-8(2)11-10(16-14-13-11)7-12-6-9-4-3-5-15-9/h8-9,12H,3-7H2,1-2H3. The predicted molar refractivity (Wildman–Crippen MR) is 64.7 cm³/mol. The lowest BCUT2D eigenvalue weighted by atomic mass is 10.1. The van der Waals surface area contributed by atoms with Crippen LogP contribution in [-0.4, -0.2) is 28.8 Å². The minimum atomic E-state index is 0.406. The highest BCUT2D eigenvalue weighted by Gasteiger charge is 2.16. The SMILES string of the molecule is CC(C)c1nnsc1CNCC1CCCO1. The van der Waals surface area contributed by atoms with Crippen molar-refractivity contribution in [1.82, 2.24) is 14.9 Å². The van der Waals surface area contributed by atoms with Gasteiger partial charge in [0.1, 0.15) is 0 Å². The molecule has 2 rings (SSSR count). The first-order valence-electron chi connectivity index (χ1n) is 5.91. The zero-order chi connectivity index (χ0) is 11.4. The summed E-state index contributed by atoms with van der Waals surface area (Å²) in [6.07, 6.45) is 2.79. The van der Waals surface area contributed by atoms with Crippen molar-refractivity contribution in [3.8, 4) is 0 Å². The van der Waals surface area contributed by atoms with Crippen LogP contribution in [0.4, 0.5) is 0 Å². The average molecular weight is 241 g/mol. The average Bonchev–Trinajstić information content (AvgIpc) is 2.87. The van der Waals surface area contributed by atoms with Crippen LogP contribution in [0.3, 0.4) is 0 Å². The van der Waals surface area contributed by atoms with Gasteiger partial charge in [0, 0.05) is 19.7 Å². The molecule has 0 radical (unpaired) electrons. The van der Waals surface area contributed by atoms with Crippen LogP contribution in [0.25, 0.3) is 0 Å². The van der Waals surface area contributed by atoms with E-state index in [0.717, 1.165) is 25.4 Å². The summed E-state index contributed by atoms with van der Waals surface area (Å²) in [6.45, 7) is 7.03. The van der Waals surface area contributed by atoms with Crippen LogP contribution in [0.2, 0.25) is 0 Å². The third-order valence-electron chi connectivity index (χ3n) is 2.81. The number of hydrogen-bond donors (Lipinski definition) is 1. The molecule has 1 saturated heterocycles. The highest BCUT2D eigenvalue weighted by Crippen LogP contribution is 2.19. The van der Waals surface area contributed by atoms with Gasteiger partial charge in [0.25, 0.3) is 0 Å². The fourth-order valence-corrected chi connectivity index (χ4v) is 2.69. The molecule has 1 aromatic rings. The Kier molecular flexibility index (Phi) is 4.26. The molecule has 0 saturated carbocycles. The molecule has 0 amide bonds. The lowest BCUT2D eigenvalue weighted by molar-refractivity contribution is 0.110. The second kappa shape index (κ2) is 5.70. The van der Waals surface area contributed by atoms with Crippen LogP contribution in [0.15, 0.2) is 0 Å². The van der Waals surface area contributed by atoms with Gasteiger partial charge in [0.15, 0.2) is 0 Å². The summed E-state index contributed by atoms with van der Waals surface area (Å²) in [4.78, 5) is 1.26. The van der Waals surface area contributed by atoms with Crippen molar-refractivity contribution >= 4 is 11.5 Å². The topological polar surface area (TPSA) is 47.0 Å². The molecule has 2 heterocycles. The summed E-state index contributed by atoms with van der Waals surface area (Å²) < 4.78 is 9.57. The van der Waals surface area contributed by atoms with Gasteiger partial charge in [0.2, 0.25) is 0 Å². The maximum absolute atomic E-state index is 5.56. The van der Waals surface area contributed by atoms with E-state index in [-0.39, 0.29) is 0 Å². The van der Waals surface area contributed by atoms with Crippen molar-refractivity contribution in [2.45, 2.75) is 45.3 Å². The molecule has 4 nitrogen and oxygen atoms in total. The second-order valence-corrected chi connectivity index (χ2v) is 5.34. The Bertz CT molecular complexity index is 321.